The lowest BCUT2D eigenvalue weighted by Gasteiger charge is -2.34. The van der Waals surface area contributed by atoms with E-state index < -0.39 is 16.9 Å². The van der Waals surface area contributed by atoms with Crippen LogP contribution >= 0.6 is 47.2 Å². The van der Waals surface area contributed by atoms with Crippen molar-refractivity contribution < 1.29 is 10.0 Å². The van der Waals surface area contributed by atoms with Gasteiger partial charge in [0.15, 0.2) is 10.5 Å². The number of hydrogen-bond donors (Lipinski definition) is 3. The van der Waals surface area contributed by atoms with Crippen molar-refractivity contribution >= 4 is 80.3 Å². The van der Waals surface area contributed by atoms with E-state index in [1.165, 1.54) is 22.8 Å². The fourth-order valence-electron chi connectivity index (χ4n) is 3.42. The summed E-state index contributed by atoms with van der Waals surface area (Å²) in [4.78, 5) is 16.0. The molecule has 3 aromatic rings. The van der Waals surface area contributed by atoms with Crippen molar-refractivity contribution in [3.63, 3.8) is 0 Å². The van der Waals surface area contributed by atoms with Crippen molar-refractivity contribution in [3.8, 4) is 0 Å². The highest BCUT2D eigenvalue weighted by atomic mass is 35.5. The molecule has 0 bridgehead atoms. The Morgan fingerprint density at radius 2 is 2.06 bits per heavy atom. The summed E-state index contributed by atoms with van der Waals surface area (Å²) >= 11 is 18.8. The van der Waals surface area contributed by atoms with Crippen LogP contribution < -0.4 is 5.32 Å². The molecule has 2 heterocycles. The minimum atomic E-state index is -0.843. The monoisotopic (exact) mass is 507 g/mol. The van der Waals surface area contributed by atoms with E-state index in [-0.39, 0.29) is 5.02 Å². The second-order valence-corrected chi connectivity index (χ2v) is 10.7. The Morgan fingerprint density at radius 3 is 2.81 bits per heavy atom. The highest BCUT2D eigenvalue weighted by molar-refractivity contribution is 8.24. The van der Waals surface area contributed by atoms with Crippen molar-refractivity contribution in [3.05, 3.63) is 64.3 Å². The van der Waals surface area contributed by atoms with Crippen molar-refractivity contribution in [2.45, 2.75) is 24.8 Å². The van der Waals surface area contributed by atoms with Gasteiger partial charge < -0.3 is 10.3 Å². The zero-order valence-electron chi connectivity index (χ0n) is 17.0. The number of hydroxylamine groups is 2. The van der Waals surface area contributed by atoms with Crippen LogP contribution in [0.3, 0.4) is 0 Å². The smallest absolute Gasteiger partial charge is 0.347 e. The Bertz CT molecular complexity index is 1230. The molecule has 3 N–H and O–H groups in total. The van der Waals surface area contributed by atoms with Crippen LogP contribution in [0.4, 0.5) is 10.5 Å². The highest BCUT2D eigenvalue weighted by Crippen LogP contribution is 2.42. The molecule has 166 valence electrons. The molecule has 4 rings (SSSR count). The first kappa shape index (κ1) is 22.9. The molecular formula is C21H19Cl2N5O2S2. The van der Waals surface area contributed by atoms with Crippen LogP contribution in [-0.4, -0.2) is 47.7 Å². The number of hydrogen-bond acceptors (Lipinski definition) is 5. The lowest BCUT2D eigenvalue weighted by Crippen LogP contribution is -2.54. The topological polar surface area (TPSA) is 84.0 Å². The van der Waals surface area contributed by atoms with E-state index in [4.69, 9.17) is 35.4 Å². The Morgan fingerprint density at radius 1 is 1.31 bits per heavy atom. The Labute approximate surface area is 204 Å². The molecule has 1 saturated heterocycles. The predicted molar refractivity (Wildman–Crippen MR) is 135 cm³/mol. The second kappa shape index (κ2) is 8.92. The number of fused-ring (bicyclic) bond motifs is 1. The van der Waals surface area contributed by atoms with E-state index in [0.717, 1.165) is 16.5 Å². The number of nitrogens with one attached hydrogen (secondary N) is 2. The fraction of sp³-hybridized carbons (Fsp3) is 0.190. The van der Waals surface area contributed by atoms with Gasteiger partial charge in [0.25, 0.3) is 0 Å². The third-order valence-corrected chi connectivity index (χ3v) is 7.22. The van der Waals surface area contributed by atoms with Crippen LogP contribution in [0.25, 0.3) is 10.9 Å². The summed E-state index contributed by atoms with van der Waals surface area (Å²) < 4.78 is -0.185. The van der Waals surface area contributed by atoms with Gasteiger partial charge in [0, 0.05) is 28.4 Å². The number of rotatable bonds is 4. The van der Waals surface area contributed by atoms with Crippen LogP contribution in [-0.2, 0) is 0 Å². The number of nitrogens with zero attached hydrogens (tertiary/aromatic N) is 3. The van der Waals surface area contributed by atoms with Crippen molar-refractivity contribution in [2.24, 2.45) is 5.10 Å². The van der Waals surface area contributed by atoms with Crippen LogP contribution in [0.15, 0.2) is 53.8 Å². The van der Waals surface area contributed by atoms with Crippen molar-refractivity contribution in [2.75, 3.05) is 5.32 Å². The number of halogens is 2. The van der Waals surface area contributed by atoms with E-state index >= 15 is 0 Å². The number of hydrazone groups is 1. The lowest BCUT2D eigenvalue weighted by atomic mass is 10.1. The zero-order valence-corrected chi connectivity index (χ0v) is 20.2. The average molecular weight is 508 g/mol. The number of urea groups is 1. The van der Waals surface area contributed by atoms with E-state index in [1.807, 2.05) is 44.3 Å². The molecule has 0 saturated carbocycles. The molecule has 2 amide bonds. The predicted octanol–water partition coefficient (Wildman–Crippen LogP) is 6.17. The van der Waals surface area contributed by atoms with Gasteiger partial charge in [-0.3, -0.25) is 5.21 Å². The zero-order chi connectivity index (χ0) is 23.0. The molecule has 1 aromatic heterocycles. The molecule has 0 unspecified atom stereocenters. The van der Waals surface area contributed by atoms with Gasteiger partial charge in [-0.05, 0) is 38.1 Å². The summed E-state index contributed by atoms with van der Waals surface area (Å²) in [7, 11) is 0. The minimum Gasteiger partial charge on any atom is -0.361 e. The number of para-hydroxylation sites is 1. The molecule has 2 aromatic carbocycles. The van der Waals surface area contributed by atoms with E-state index in [2.05, 4.69) is 15.4 Å². The number of benzene rings is 2. The van der Waals surface area contributed by atoms with Gasteiger partial charge in [-0.25, -0.2) is 9.80 Å². The van der Waals surface area contributed by atoms with Gasteiger partial charge in [0.05, 0.1) is 21.0 Å². The Balaban J connectivity index is 1.58. The number of carbonyl (C=O) groups excluding carboxylic acids is 1. The van der Waals surface area contributed by atoms with Gasteiger partial charge in [-0.2, -0.15) is 10.2 Å². The average Bonchev–Trinajstić information content (AvgIpc) is 3.25. The number of anilines is 1. The van der Waals surface area contributed by atoms with Gasteiger partial charge in [-0.15, -0.1) is 0 Å². The van der Waals surface area contributed by atoms with Gasteiger partial charge in [0.1, 0.15) is 0 Å². The molecule has 11 heteroatoms. The van der Waals surface area contributed by atoms with Gasteiger partial charge >= 0.3 is 6.03 Å². The molecule has 0 radical (unpaired) electrons. The standard InChI is InChI=1S/C21H19Cl2N5O2S2/c1-21(2)18(28(30)19(29)26-13-7-8-15(22)16(23)9-13)27(20(31)32-21)25-11-12-10-24-17-6-4-3-5-14(12)17/h3-11,18,24,30H,1-2H3,(H,26,29)/b25-11+/t18-/m1/s1. The van der Waals surface area contributed by atoms with Gasteiger partial charge in [0.2, 0.25) is 0 Å². The molecule has 7 nitrogen and oxygen atoms in total. The van der Waals surface area contributed by atoms with Crippen molar-refractivity contribution in [1.29, 1.82) is 0 Å². The van der Waals surface area contributed by atoms with Crippen LogP contribution in [0.2, 0.25) is 10.0 Å². The molecular weight excluding hydrogens is 489 g/mol. The number of thioether (sulfide) groups is 1. The first-order chi connectivity index (χ1) is 15.2. The first-order valence-electron chi connectivity index (χ1n) is 9.54. The summed E-state index contributed by atoms with van der Waals surface area (Å²) in [5.41, 5.74) is 2.24. The highest BCUT2D eigenvalue weighted by Gasteiger charge is 2.50. The summed E-state index contributed by atoms with van der Waals surface area (Å²) in [6.45, 7) is 3.76. The SMILES string of the molecule is CC1(C)SC(=S)N(/N=C/c2c[nH]c3ccccc23)[C@@H]1N(O)C(=O)Nc1ccc(Cl)c(Cl)c1. The molecule has 1 atom stereocenters. The first-order valence-corrected chi connectivity index (χ1v) is 11.5. The van der Waals surface area contributed by atoms with Gasteiger partial charge in [-0.1, -0.05) is 65.4 Å². The van der Waals surface area contributed by atoms with Crippen LogP contribution in [0, 0.1) is 0 Å². The van der Waals surface area contributed by atoms with E-state index in [0.29, 0.717) is 20.1 Å². The quantitative estimate of drug-likeness (QED) is 0.170. The molecule has 1 aliphatic rings. The third-order valence-electron chi connectivity index (χ3n) is 4.94. The maximum atomic E-state index is 12.8. The normalized spacial score (nSPS) is 18.0. The largest absolute Gasteiger partial charge is 0.361 e. The maximum Gasteiger partial charge on any atom is 0.347 e. The van der Waals surface area contributed by atoms with Crippen molar-refractivity contribution in [1.82, 2.24) is 15.1 Å². The van der Waals surface area contributed by atoms with Crippen LogP contribution in [0.1, 0.15) is 19.4 Å². The lowest BCUT2D eigenvalue weighted by molar-refractivity contribution is -0.114. The number of aromatic amines is 1. The number of thiocarbonyl (C=S) groups is 1. The maximum absolute atomic E-state index is 12.8. The molecule has 0 aliphatic carbocycles. The third kappa shape index (κ3) is 4.44. The van der Waals surface area contributed by atoms with Crippen LogP contribution in [0.5, 0.6) is 0 Å². The number of aromatic nitrogens is 1. The Kier molecular flexibility index (Phi) is 6.37. The minimum absolute atomic E-state index is 0.289. The second-order valence-electron chi connectivity index (χ2n) is 7.63. The molecule has 32 heavy (non-hydrogen) atoms. The molecule has 1 fully saturated rings. The Hall–Kier alpha value is -2.30. The summed E-state index contributed by atoms with van der Waals surface area (Å²) in [6, 6.07) is 11.7. The number of amides is 2. The number of carbonyl (C=O) groups is 1. The molecule has 0 spiro atoms. The molecule has 1 aliphatic heterocycles. The number of H-pyrrole nitrogens is 1. The summed E-state index contributed by atoms with van der Waals surface area (Å²) in [5.74, 6) is 0. The fourth-order valence-corrected chi connectivity index (χ4v) is 5.50. The van der Waals surface area contributed by atoms with E-state index in [9.17, 15) is 10.0 Å². The summed E-state index contributed by atoms with van der Waals surface area (Å²) in [5, 5.41) is 21.7. The van der Waals surface area contributed by atoms with E-state index in [1.54, 1.807) is 18.3 Å². The summed E-state index contributed by atoms with van der Waals surface area (Å²) in [6.07, 6.45) is 2.66.